The number of halogens is 3. The Morgan fingerprint density at radius 2 is 1.78 bits per heavy atom. The van der Waals surface area contributed by atoms with Crippen molar-refractivity contribution >= 4 is 5.84 Å². The van der Waals surface area contributed by atoms with Gasteiger partial charge in [-0.15, -0.1) is 0 Å². The highest BCUT2D eigenvalue weighted by atomic mass is 19.4. The Balaban J connectivity index is 3.92. The Labute approximate surface area is 107 Å². The number of alkyl halides is 3. The Morgan fingerprint density at radius 1 is 1.22 bits per heavy atom. The minimum Gasteiger partial charge on any atom is -0.387 e. The smallest absolute Gasteiger partial charge is 0.387 e. The van der Waals surface area contributed by atoms with Crippen LogP contribution in [0.25, 0.3) is 0 Å². The number of hydrogen-bond donors (Lipinski definition) is 2. The van der Waals surface area contributed by atoms with Crippen LogP contribution < -0.4 is 5.73 Å². The van der Waals surface area contributed by atoms with Crippen molar-refractivity contribution in [1.29, 1.82) is 5.41 Å². The SMILES string of the molecule is CCN(CCCCC(C)(C)C(=N)N)CC(F)(F)F. The molecule has 0 saturated heterocycles. The molecule has 0 aliphatic heterocycles. The van der Waals surface area contributed by atoms with E-state index in [4.69, 9.17) is 11.1 Å². The Morgan fingerprint density at radius 3 is 2.17 bits per heavy atom. The summed E-state index contributed by atoms with van der Waals surface area (Å²) in [6.45, 7) is 5.47. The molecule has 3 nitrogen and oxygen atoms in total. The van der Waals surface area contributed by atoms with Crippen molar-refractivity contribution in [3.63, 3.8) is 0 Å². The first kappa shape index (κ1) is 17.2. The molecule has 0 aromatic carbocycles. The van der Waals surface area contributed by atoms with Crippen LogP contribution in [0.1, 0.15) is 40.0 Å². The minimum absolute atomic E-state index is 0.130. The molecule has 0 radical (unpaired) electrons. The van der Waals surface area contributed by atoms with Crippen LogP contribution in [0.5, 0.6) is 0 Å². The highest BCUT2D eigenvalue weighted by Crippen LogP contribution is 2.23. The van der Waals surface area contributed by atoms with Gasteiger partial charge in [-0.25, -0.2) is 0 Å². The van der Waals surface area contributed by atoms with Crippen molar-refractivity contribution in [2.75, 3.05) is 19.6 Å². The van der Waals surface area contributed by atoms with Gasteiger partial charge in [-0.05, 0) is 25.9 Å². The molecular weight excluding hydrogens is 243 g/mol. The molecule has 6 heteroatoms. The molecular formula is C12H24F3N3. The summed E-state index contributed by atoms with van der Waals surface area (Å²) in [5.74, 6) is 0.130. The van der Waals surface area contributed by atoms with Crippen LogP contribution in [-0.4, -0.2) is 36.5 Å². The lowest BCUT2D eigenvalue weighted by molar-refractivity contribution is -0.145. The minimum atomic E-state index is -4.13. The normalized spacial score (nSPS) is 13.1. The predicted octanol–water partition coefficient (Wildman–Crippen LogP) is 3.00. The van der Waals surface area contributed by atoms with Crippen LogP contribution in [0.4, 0.5) is 13.2 Å². The van der Waals surface area contributed by atoms with Gasteiger partial charge in [-0.1, -0.05) is 27.2 Å². The van der Waals surface area contributed by atoms with E-state index >= 15 is 0 Å². The monoisotopic (exact) mass is 267 g/mol. The number of rotatable bonds is 8. The number of amidine groups is 1. The summed E-state index contributed by atoms with van der Waals surface area (Å²) in [6, 6.07) is 0. The average molecular weight is 267 g/mol. The third kappa shape index (κ3) is 7.53. The van der Waals surface area contributed by atoms with Gasteiger partial charge in [-0.2, -0.15) is 13.2 Å². The number of unbranched alkanes of at least 4 members (excludes halogenated alkanes) is 1. The standard InChI is InChI=1S/C12H24F3N3/c1-4-18(9-12(13,14)15)8-6-5-7-11(2,3)10(16)17/h4-9H2,1-3H3,(H3,16,17). The van der Waals surface area contributed by atoms with E-state index in [-0.39, 0.29) is 11.3 Å². The average Bonchev–Trinajstić information content (AvgIpc) is 2.20. The molecule has 0 rings (SSSR count). The van der Waals surface area contributed by atoms with E-state index in [1.807, 2.05) is 13.8 Å². The first-order chi connectivity index (χ1) is 8.08. The number of nitrogens with zero attached hydrogens (tertiary/aromatic N) is 1. The lowest BCUT2D eigenvalue weighted by atomic mass is 9.86. The van der Waals surface area contributed by atoms with Crippen LogP contribution in [0.15, 0.2) is 0 Å². The van der Waals surface area contributed by atoms with Gasteiger partial charge in [-0.3, -0.25) is 10.3 Å². The van der Waals surface area contributed by atoms with Crippen molar-refractivity contribution in [1.82, 2.24) is 4.90 Å². The zero-order valence-electron chi connectivity index (χ0n) is 11.4. The molecule has 0 aromatic rings. The van der Waals surface area contributed by atoms with Crippen LogP contribution in [0.2, 0.25) is 0 Å². The van der Waals surface area contributed by atoms with Gasteiger partial charge >= 0.3 is 6.18 Å². The Kier molecular flexibility index (Phi) is 6.67. The van der Waals surface area contributed by atoms with Gasteiger partial charge in [0.1, 0.15) is 0 Å². The summed E-state index contributed by atoms with van der Waals surface area (Å²) in [4.78, 5) is 1.39. The number of hydrogen-bond acceptors (Lipinski definition) is 2. The summed E-state index contributed by atoms with van der Waals surface area (Å²) in [5.41, 5.74) is 5.09. The van der Waals surface area contributed by atoms with E-state index in [1.165, 1.54) is 4.90 Å². The highest BCUT2D eigenvalue weighted by molar-refractivity contribution is 5.82. The van der Waals surface area contributed by atoms with E-state index in [0.717, 1.165) is 12.8 Å². The van der Waals surface area contributed by atoms with Gasteiger partial charge in [0.05, 0.1) is 12.4 Å². The summed E-state index contributed by atoms with van der Waals surface area (Å²) < 4.78 is 36.6. The molecule has 18 heavy (non-hydrogen) atoms. The van der Waals surface area contributed by atoms with Crippen molar-refractivity contribution < 1.29 is 13.2 Å². The lowest BCUT2D eigenvalue weighted by Gasteiger charge is -2.25. The predicted molar refractivity (Wildman–Crippen MR) is 67.7 cm³/mol. The summed E-state index contributed by atoms with van der Waals surface area (Å²) in [6.07, 6.45) is -1.93. The molecule has 0 aliphatic rings. The second kappa shape index (κ2) is 6.97. The lowest BCUT2D eigenvalue weighted by Crippen LogP contribution is -2.35. The van der Waals surface area contributed by atoms with Gasteiger partial charge < -0.3 is 5.73 Å². The fourth-order valence-corrected chi connectivity index (χ4v) is 1.64. The zero-order valence-corrected chi connectivity index (χ0v) is 11.4. The molecule has 0 bridgehead atoms. The molecule has 0 aliphatic carbocycles. The van der Waals surface area contributed by atoms with Crippen LogP contribution in [0.3, 0.4) is 0 Å². The molecule has 0 atom stereocenters. The van der Waals surface area contributed by atoms with Crippen molar-refractivity contribution in [2.24, 2.45) is 11.1 Å². The molecule has 0 unspecified atom stereocenters. The maximum atomic E-state index is 12.2. The topological polar surface area (TPSA) is 53.1 Å². The van der Waals surface area contributed by atoms with E-state index in [9.17, 15) is 13.2 Å². The molecule has 0 fully saturated rings. The fourth-order valence-electron chi connectivity index (χ4n) is 1.64. The maximum Gasteiger partial charge on any atom is 0.401 e. The van der Waals surface area contributed by atoms with Crippen molar-refractivity contribution in [3.8, 4) is 0 Å². The number of nitrogens with one attached hydrogen (secondary N) is 1. The first-order valence-corrected chi connectivity index (χ1v) is 6.22. The van der Waals surface area contributed by atoms with Crippen LogP contribution in [0, 0.1) is 10.8 Å². The van der Waals surface area contributed by atoms with Crippen LogP contribution in [-0.2, 0) is 0 Å². The molecule has 0 spiro atoms. The van der Waals surface area contributed by atoms with Gasteiger partial charge in [0.25, 0.3) is 0 Å². The second-order valence-corrected chi connectivity index (χ2v) is 5.24. The summed E-state index contributed by atoms with van der Waals surface area (Å²) >= 11 is 0. The van der Waals surface area contributed by atoms with Crippen molar-refractivity contribution in [2.45, 2.75) is 46.2 Å². The third-order valence-corrected chi connectivity index (χ3v) is 3.11. The van der Waals surface area contributed by atoms with E-state index < -0.39 is 12.7 Å². The van der Waals surface area contributed by atoms with E-state index in [2.05, 4.69) is 0 Å². The molecule has 3 N–H and O–H groups in total. The Hall–Kier alpha value is -0.780. The van der Waals surface area contributed by atoms with E-state index in [0.29, 0.717) is 19.5 Å². The number of nitrogens with two attached hydrogens (primary N) is 1. The van der Waals surface area contributed by atoms with Gasteiger partial charge in [0.15, 0.2) is 0 Å². The first-order valence-electron chi connectivity index (χ1n) is 6.22. The largest absolute Gasteiger partial charge is 0.401 e. The quantitative estimate of drug-likeness (QED) is 0.403. The van der Waals surface area contributed by atoms with Gasteiger partial charge in [0, 0.05) is 5.41 Å². The van der Waals surface area contributed by atoms with E-state index in [1.54, 1.807) is 6.92 Å². The van der Waals surface area contributed by atoms with Crippen molar-refractivity contribution in [3.05, 3.63) is 0 Å². The highest BCUT2D eigenvalue weighted by Gasteiger charge is 2.29. The summed E-state index contributed by atoms with van der Waals surface area (Å²) in [7, 11) is 0. The summed E-state index contributed by atoms with van der Waals surface area (Å²) in [5, 5.41) is 7.39. The second-order valence-electron chi connectivity index (χ2n) is 5.24. The maximum absolute atomic E-state index is 12.2. The Bertz CT molecular complexity index is 262. The molecule has 0 amide bonds. The van der Waals surface area contributed by atoms with Gasteiger partial charge in [0.2, 0.25) is 0 Å². The third-order valence-electron chi connectivity index (χ3n) is 3.11. The zero-order chi connectivity index (χ0) is 14.4. The molecule has 108 valence electrons. The molecule has 0 heterocycles. The molecule has 0 aromatic heterocycles. The molecule has 0 saturated carbocycles. The van der Waals surface area contributed by atoms with Crippen LogP contribution >= 0.6 is 0 Å². The fraction of sp³-hybridized carbons (Fsp3) is 0.917.